The van der Waals surface area contributed by atoms with Gasteiger partial charge in [0.2, 0.25) is 0 Å². The summed E-state index contributed by atoms with van der Waals surface area (Å²) in [4.78, 5) is 14.0. The summed E-state index contributed by atoms with van der Waals surface area (Å²) in [5.74, 6) is 5.79. The summed E-state index contributed by atoms with van der Waals surface area (Å²) in [6, 6.07) is 8.54. The smallest absolute Gasteiger partial charge is 0.252 e. The lowest BCUT2D eigenvalue weighted by Crippen LogP contribution is -2.25. The first-order chi connectivity index (χ1) is 9.71. The maximum atomic E-state index is 11.8. The van der Waals surface area contributed by atoms with E-state index >= 15 is 0 Å². The van der Waals surface area contributed by atoms with Crippen LogP contribution in [0, 0.1) is 23.2 Å². The predicted molar refractivity (Wildman–Crippen MR) is 79.1 cm³/mol. The molecule has 0 aliphatic carbocycles. The maximum absolute atomic E-state index is 11.8. The SMILES string of the molecule is CCN(CC)CC#CCNC(=O)c1ccc(C#N)cc1. The van der Waals surface area contributed by atoms with Crippen LogP contribution in [0.1, 0.15) is 29.8 Å². The number of carbonyl (C=O) groups excluding carboxylic acids is 1. The monoisotopic (exact) mass is 269 g/mol. The van der Waals surface area contributed by atoms with Crippen LogP contribution in [0.25, 0.3) is 0 Å². The van der Waals surface area contributed by atoms with Crippen LogP contribution in [-0.2, 0) is 0 Å². The van der Waals surface area contributed by atoms with E-state index in [-0.39, 0.29) is 5.91 Å². The zero-order valence-corrected chi connectivity index (χ0v) is 11.9. The number of carbonyl (C=O) groups is 1. The third-order valence-corrected chi connectivity index (χ3v) is 2.94. The Morgan fingerprint density at radius 1 is 1.20 bits per heavy atom. The van der Waals surface area contributed by atoms with E-state index in [4.69, 9.17) is 5.26 Å². The van der Waals surface area contributed by atoms with E-state index < -0.39 is 0 Å². The summed E-state index contributed by atoms with van der Waals surface area (Å²) in [5.41, 5.74) is 1.08. The molecule has 0 saturated heterocycles. The van der Waals surface area contributed by atoms with Crippen LogP contribution >= 0.6 is 0 Å². The predicted octanol–water partition coefficient (Wildman–Crippen LogP) is 1.63. The number of hydrogen-bond donors (Lipinski definition) is 1. The van der Waals surface area contributed by atoms with Crippen molar-refractivity contribution in [2.45, 2.75) is 13.8 Å². The minimum atomic E-state index is -0.174. The Balaban J connectivity index is 2.40. The van der Waals surface area contributed by atoms with Crippen molar-refractivity contribution < 1.29 is 4.79 Å². The highest BCUT2D eigenvalue weighted by Crippen LogP contribution is 2.02. The van der Waals surface area contributed by atoms with Crippen molar-refractivity contribution in [3.63, 3.8) is 0 Å². The van der Waals surface area contributed by atoms with Gasteiger partial charge in [-0.15, -0.1) is 0 Å². The van der Waals surface area contributed by atoms with Gasteiger partial charge in [0, 0.05) is 5.56 Å². The first-order valence-corrected chi connectivity index (χ1v) is 6.67. The van der Waals surface area contributed by atoms with Gasteiger partial charge in [-0.3, -0.25) is 9.69 Å². The molecule has 0 unspecified atom stereocenters. The van der Waals surface area contributed by atoms with Crippen LogP contribution in [0.5, 0.6) is 0 Å². The summed E-state index contributed by atoms with van der Waals surface area (Å²) < 4.78 is 0. The standard InChI is InChI=1S/C16H19N3O/c1-3-19(4-2)12-6-5-11-18-16(20)15-9-7-14(13-17)8-10-15/h7-10H,3-4,11-12H2,1-2H3,(H,18,20). The minimum absolute atomic E-state index is 0.174. The number of hydrogen-bond acceptors (Lipinski definition) is 3. The highest BCUT2D eigenvalue weighted by Gasteiger charge is 2.03. The molecule has 1 rings (SSSR count). The van der Waals surface area contributed by atoms with Crippen molar-refractivity contribution in [1.29, 1.82) is 5.26 Å². The van der Waals surface area contributed by atoms with Crippen molar-refractivity contribution in [3.05, 3.63) is 35.4 Å². The Morgan fingerprint density at radius 2 is 1.85 bits per heavy atom. The topological polar surface area (TPSA) is 56.1 Å². The number of nitrogens with zero attached hydrogens (tertiary/aromatic N) is 2. The third kappa shape index (κ3) is 5.14. The van der Waals surface area contributed by atoms with Gasteiger partial charge in [0.25, 0.3) is 5.91 Å². The van der Waals surface area contributed by atoms with Crippen LogP contribution < -0.4 is 5.32 Å². The molecular weight excluding hydrogens is 250 g/mol. The molecule has 104 valence electrons. The molecule has 0 atom stereocenters. The Kier molecular flexibility index (Phi) is 6.89. The lowest BCUT2D eigenvalue weighted by Gasteiger charge is -2.13. The average Bonchev–Trinajstić information content (AvgIpc) is 2.50. The summed E-state index contributed by atoms with van der Waals surface area (Å²) in [6.45, 7) is 7.20. The molecule has 0 saturated carbocycles. The van der Waals surface area contributed by atoms with Gasteiger partial charge in [-0.05, 0) is 37.4 Å². The van der Waals surface area contributed by atoms with Crippen LogP contribution in [0.15, 0.2) is 24.3 Å². The second kappa shape index (κ2) is 8.74. The largest absolute Gasteiger partial charge is 0.341 e. The van der Waals surface area contributed by atoms with Crippen LogP contribution in [0.4, 0.5) is 0 Å². The number of nitriles is 1. The molecule has 20 heavy (non-hydrogen) atoms. The molecule has 0 spiro atoms. The van der Waals surface area contributed by atoms with Gasteiger partial charge in [0.15, 0.2) is 0 Å². The van der Waals surface area contributed by atoms with Crippen molar-refractivity contribution in [1.82, 2.24) is 10.2 Å². The van der Waals surface area contributed by atoms with E-state index in [1.807, 2.05) is 6.07 Å². The lowest BCUT2D eigenvalue weighted by atomic mass is 10.1. The fourth-order valence-electron chi connectivity index (χ4n) is 1.60. The zero-order chi connectivity index (χ0) is 14.8. The minimum Gasteiger partial charge on any atom is -0.341 e. The number of benzene rings is 1. The van der Waals surface area contributed by atoms with Gasteiger partial charge in [-0.25, -0.2) is 0 Å². The van der Waals surface area contributed by atoms with E-state index in [2.05, 4.69) is 35.9 Å². The second-order valence-electron chi connectivity index (χ2n) is 4.19. The van der Waals surface area contributed by atoms with E-state index in [1.54, 1.807) is 24.3 Å². The highest BCUT2D eigenvalue weighted by atomic mass is 16.1. The van der Waals surface area contributed by atoms with Gasteiger partial charge in [0.05, 0.1) is 24.7 Å². The van der Waals surface area contributed by atoms with Crippen molar-refractivity contribution >= 4 is 5.91 Å². The molecule has 0 bridgehead atoms. The molecule has 0 heterocycles. The summed E-state index contributed by atoms with van der Waals surface area (Å²) in [7, 11) is 0. The summed E-state index contributed by atoms with van der Waals surface area (Å²) in [5, 5.41) is 11.4. The fourth-order valence-corrected chi connectivity index (χ4v) is 1.60. The quantitative estimate of drug-likeness (QED) is 0.827. The Bertz CT molecular complexity index is 528. The van der Waals surface area contributed by atoms with Crippen LogP contribution in [0.3, 0.4) is 0 Å². The van der Waals surface area contributed by atoms with Crippen molar-refractivity contribution in [2.24, 2.45) is 0 Å². The van der Waals surface area contributed by atoms with Gasteiger partial charge in [0.1, 0.15) is 0 Å². The zero-order valence-electron chi connectivity index (χ0n) is 11.9. The van der Waals surface area contributed by atoms with Gasteiger partial charge in [-0.1, -0.05) is 25.7 Å². The van der Waals surface area contributed by atoms with Gasteiger partial charge < -0.3 is 5.32 Å². The third-order valence-electron chi connectivity index (χ3n) is 2.94. The average molecular weight is 269 g/mol. The molecule has 0 radical (unpaired) electrons. The molecular formula is C16H19N3O. The molecule has 1 N–H and O–H groups in total. The lowest BCUT2D eigenvalue weighted by molar-refractivity contribution is 0.0958. The number of nitrogens with one attached hydrogen (secondary N) is 1. The Hall–Kier alpha value is -2.30. The molecule has 4 nitrogen and oxygen atoms in total. The fraction of sp³-hybridized carbons (Fsp3) is 0.375. The molecule has 1 aromatic rings. The second-order valence-corrected chi connectivity index (χ2v) is 4.19. The van der Waals surface area contributed by atoms with Crippen molar-refractivity contribution in [2.75, 3.05) is 26.2 Å². The highest BCUT2D eigenvalue weighted by molar-refractivity contribution is 5.94. The summed E-state index contributed by atoms with van der Waals surface area (Å²) in [6.07, 6.45) is 0. The molecule has 1 amide bonds. The van der Waals surface area contributed by atoms with Crippen LogP contribution in [0.2, 0.25) is 0 Å². The van der Waals surface area contributed by atoms with E-state index in [1.165, 1.54) is 0 Å². The van der Waals surface area contributed by atoms with Gasteiger partial charge in [-0.2, -0.15) is 5.26 Å². The Morgan fingerprint density at radius 3 is 2.40 bits per heavy atom. The maximum Gasteiger partial charge on any atom is 0.252 e. The molecule has 4 heteroatoms. The normalized spacial score (nSPS) is 9.50. The molecule has 0 aliphatic rings. The molecule has 0 aliphatic heterocycles. The first kappa shape index (κ1) is 15.8. The molecule has 1 aromatic carbocycles. The van der Waals surface area contributed by atoms with E-state index in [0.29, 0.717) is 17.7 Å². The van der Waals surface area contributed by atoms with Crippen LogP contribution in [-0.4, -0.2) is 37.0 Å². The van der Waals surface area contributed by atoms with E-state index in [9.17, 15) is 4.79 Å². The van der Waals surface area contributed by atoms with Gasteiger partial charge >= 0.3 is 0 Å². The first-order valence-electron chi connectivity index (χ1n) is 6.67. The summed E-state index contributed by atoms with van der Waals surface area (Å²) >= 11 is 0. The molecule has 0 fully saturated rings. The number of amides is 1. The number of rotatable bonds is 5. The van der Waals surface area contributed by atoms with E-state index in [0.717, 1.165) is 19.6 Å². The Labute approximate surface area is 120 Å². The van der Waals surface area contributed by atoms with Crippen molar-refractivity contribution in [3.8, 4) is 17.9 Å². The molecule has 0 aromatic heterocycles.